The first kappa shape index (κ1) is 19.8. The maximum atomic E-state index is 11.0. The summed E-state index contributed by atoms with van der Waals surface area (Å²) in [5, 5.41) is 2.62. The second-order valence-corrected chi connectivity index (χ2v) is 5.72. The Bertz CT molecular complexity index is 672. The van der Waals surface area contributed by atoms with E-state index in [1.165, 1.54) is 32.3 Å². The number of amides is 1. The van der Waals surface area contributed by atoms with Crippen LogP contribution in [0, 0.1) is 20.8 Å². The minimum Gasteiger partial charge on any atom is -0.494 e. The SMILES string of the molecule is COc1cc(C)nc(OC)c1NC(C)=O.Cc1cccc(C)c1S. The Balaban J connectivity index is 0.000000272. The van der Waals surface area contributed by atoms with E-state index in [0.717, 1.165) is 10.6 Å². The molecule has 1 aromatic heterocycles. The summed E-state index contributed by atoms with van der Waals surface area (Å²) in [4.78, 5) is 16.2. The molecule has 0 spiro atoms. The van der Waals surface area contributed by atoms with Gasteiger partial charge >= 0.3 is 0 Å². The first-order chi connectivity index (χ1) is 11.3. The van der Waals surface area contributed by atoms with E-state index in [-0.39, 0.29) is 5.91 Å². The number of pyridine rings is 1. The Hall–Kier alpha value is -2.21. The summed E-state index contributed by atoms with van der Waals surface area (Å²) in [7, 11) is 3.02. The molecule has 0 saturated carbocycles. The molecule has 0 atom stereocenters. The number of anilines is 1. The lowest BCUT2D eigenvalue weighted by molar-refractivity contribution is -0.114. The van der Waals surface area contributed by atoms with Gasteiger partial charge in [0.2, 0.25) is 11.8 Å². The third-order valence-electron chi connectivity index (χ3n) is 3.23. The van der Waals surface area contributed by atoms with E-state index in [9.17, 15) is 4.79 Å². The number of ether oxygens (including phenoxy) is 2. The third-order valence-corrected chi connectivity index (χ3v) is 3.94. The lowest BCUT2D eigenvalue weighted by Gasteiger charge is -2.12. The highest BCUT2D eigenvalue weighted by molar-refractivity contribution is 7.80. The van der Waals surface area contributed by atoms with Crippen LogP contribution >= 0.6 is 12.6 Å². The summed E-state index contributed by atoms with van der Waals surface area (Å²) in [5.41, 5.74) is 3.72. The van der Waals surface area contributed by atoms with Crippen LogP contribution in [0.25, 0.3) is 0 Å². The molecule has 1 heterocycles. The van der Waals surface area contributed by atoms with Gasteiger partial charge in [0, 0.05) is 23.6 Å². The van der Waals surface area contributed by atoms with Crippen LogP contribution in [0.15, 0.2) is 29.2 Å². The number of nitrogens with one attached hydrogen (secondary N) is 1. The fraction of sp³-hybridized carbons (Fsp3) is 0.333. The van der Waals surface area contributed by atoms with Crippen molar-refractivity contribution in [2.75, 3.05) is 19.5 Å². The van der Waals surface area contributed by atoms with Gasteiger partial charge in [-0.15, -0.1) is 12.6 Å². The van der Waals surface area contributed by atoms with E-state index in [1.807, 2.05) is 13.0 Å². The van der Waals surface area contributed by atoms with Crippen molar-refractivity contribution in [1.82, 2.24) is 4.98 Å². The molecule has 0 bridgehead atoms. The van der Waals surface area contributed by atoms with E-state index in [1.54, 1.807) is 6.07 Å². The van der Waals surface area contributed by atoms with Crippen LogP contribution < -0.4 is 14.8 Å². The summed E-state index contributed by atoms with van der Waals surface area (Å²) < 4.78 is 10.2. The molecule has 2 rings (SSSR count). The maximum Gasteiger partial charge on any atom is 0.241 e. The van der Waals surface area contributed by atoms with Crippen LogP contribution in [0.3, 0.4) is 0 Å². The van der Waals surface area contributed by atoms with Gasteiger partial charge in [-0.2, -0.15) is 0 Å². The smallest absolute Gasteiger partial charge is 0.241 e. The summed E-state index contributed by atoms with van der Waals surface area (Å²) in [6, 6.07) is 7.91. The molecular weight excluding hydrogens is 324 g/mol. The molecule has 0 unspecified atom stereocenters. The van der Waals surface area contributed by atoms with E-state index >= 15 is 0 Å². The van der Waals surface area contributed by atoms with Gasteiger partial charge < -0.3 is 14.8 Å². The largest absolute Gasteiger partial charge is 0.494 e. The van der Waals surface area contributed by atoms with E-state index in [0.29, 0.717) is 17.3 Å². The molecule has 1 amide bonds. The second-order valence-electron chi connectivity index (χ2n) is 5.27. The average Bonchev–Trinajstić information content (AvgIpc) is 2.53. The predicted molar refractivity (Wildman–Crippen MR) is 99.5 cm³/mol. The molecule has 0 fully saturated rings. The van der Waals surface area contributed by atoms with Crippen LogP contribution in [0.5, 0.6) is 11.6 Å². The van der Waals surface area contributed by atoms with Crippen molar-refractivity contribution in [2.45, 2.75) is 32.6 Å². The molecule has 0 aliphatic rings. The highest BCUT2D eigenvalue weighted by Crippen LogP contribution is 2.33. The number of hydrogen-bond donors (Lipinski definition) is 2. The van der Waals surface area contributed by atoms with Gasteiger partial charge in [-0.25, -0.2) is 4.98 Å². The molecule has 1 N–H and O–H groups in total. The van der Waals surface area contributed by atoms with Gasteiger partial charge in [0.1, 0.15) is 11.4 Å². The number of methoxy groups -OCH3 is 2. The van der Waals surface area contributed by atoms with Crippen molar-refractivity contribution in [3.05, 3.63) is 41.1 Å². The number of carbonyl (C=O) groups excluding carboxylic acids is 1. The van der Waals surface area contributed by atoms with Crippen LogP contribution in [0.2, 0.25) is 0 Å². The lowest BCUT2D eigenvalue weighted by atomic mass is 10.2. The van der Waals surface area contributed by atoms with Gasteiger partial charge in [0.15, 0.2) is 0 Å². The Morgan fingerprint density at radius 1 is 1.12 bits per heavy atom. The molecule has 0 aliphatic heterocycles. The van der Waals surface area contributed by atoms with Crippen molar-refractivity contribution in [1.29, 1.82) is 0 Å². The van der Waals surface area contributed by atoms with Gasteiger partial charge in [-0.3, -0.25) is 4.79 Å². The molecular formula is C18H24N2O3S. The number of carbonyl (C=O) groups is 1. The first-order valence-electron chi connectivity index (χ1n) is 7.42. The topological polar surface area (TPSA) is 60.5 Å². The van der Waals surface area contributed by atoms with Gasteiger partial charge in [0.05, 0.1) is 14.2 Å². The van der Waals surface area contributed by atoms with Gasteiger partial charge in [-0.05, 0) is 31.9 Å². The molecule has 0 saturated heterocycles. The molecule has 2 aromatic rings. The number of aromatic nitrogens is 1. The Morgan fingerprint density at radius 2 is 1.71 bits per heavy atom. The molecule has 6 heteroatoms. The average molecular weight is 348 g/mol. The zero-order valence-corrected chi connectivity index (χ0v) is 15.8. The maximum absolute atomic E-state index is 11.0. The van der Waals surface area contributed by atoms with Crippen LogP contribution in [-0.2, 0) is 4.79 Å². The quantitative estimate of drug-likeness (QED) is 0.824. The summed E-state index contributed by atoms with van der Waals surface area (Å²) in [6.45, 7) is 7.37. The van der Waals surface area contributed by atoms with Gasteiger partial charge in [-0.1, -0.05) is 18.2 Å². The van der Waals surface area contributed by atoms with Crippen LogP contribution in [0.1, 0.15) is 23.7 Å². The Labute approximate surface area is 148 Å². The molecule has 0 radical (unpaired) electrons. The molecule has 0 aliphatic carbocycles. The van der Waals surface area contributed by atoms with Crippen molar-refractivity contribution in [3.63, 3.8) is 0 Å². The number of hydrogen-bond acceptors (Lipinski definition) is 5. The highest BCUT2D eigenvalue weighted by Gasteiger charge is 2.13. The monoisotopic (exact) mass is 348 g/mol. The zero-order chi connectivity index (χ0) is 18.3. The highest BCUT2D eigenvalue weighted by atomic mass is 32.1. The first-order valence-corrected chi connectivity index (χ1v) is 7.87. The van der Waals surface area contributed by atoms with Crippen molar-refractivity contribution < 1.29 is 14.3 Å². The summed E-state index contributed by atoms with van der Waals surface area (Å²) in [6.07, 6.45) is 0. The minimum atomic E-state index is -0.197. The normalized spacial score (nSPS) is 9.62. The number of aryl methyl sites for hydroxylation is 3. The number of thiol groups is 1. The second kappa shape index (κ2) is 9.17. The predicted octanol–water partition coefficient (Wildman–Crippen LogP) is 3.96. The van der Waals surface area contributed by atoms with E-state index in [2.05, 4.69) is 48.9 Å². The lowest BCUT2D eigenvalue weighted by Crippen LogP contribution is -2.10. The molecule has 1 aromatic carbocycles. The fourth-order valence-electron chi connectivity index (χ4n) is 2.02. The van der Waals surface area contributed by atoms with Crippen LogP contribution in [-0.4, -0.2) is 25.1 Å². The van der Waals surface area contributed by atoms with Crippen molar-refractivity contribution in [2.24, 2.45) is 0 Å². The van der Waals surface area contributed by atoms with Crippen molar-refractivity contribution >= 4 is 24.2 Å². The summed E-state index contributed by atoms with van der Waals surface area (Å²) in [5.74, 6) is 0.689. The number of rotatable bonds is 3. The van der Waals surface area contributed by atoms with Crippen molar-refractivity contribution in [3.8, 4) is 11.6 Å². The molecule has 24 heavy (non-hydrogen) atoms. The number of benzene rings is 1. The fourth-order valence-corrected chi connectivity index (χ4v) is 2.17. The summed E-state index contributed by atoms with van der Waals surface area (Å²) >= 11 is 4.31. The zero-order valence-electron chi connectivity index (χ0n) is 14.9. The minimum absolute atomic E-state index is 0.197. The standard InChI is InChI=1S/C10H14N2O3.C8H10S/c1-6-5-8(14-3)9(12-7(2)13)10(11-6)15-4;1-6-4-3-5-7(2)8(6)9/h5H,1-4H3,(H,12,13);3-5,9H,1-2H3. The molecule has 130 valence electrons. The Kier molecular flexibility index (Phi) is 7.58. The molecule has 5 nitrogen and oxygen atoms in total. The van der Waals surface area contributed by atoms with E-state index < -0.39 is 0 Å². The third kappa shape index (κ3) is 5.45. The number of nitrogens with zero attached hydrogens (tertiary/aromatic N) is 1. The van der Waals surface area contributed by atoms with Gasteiger partial charge in [0.25, 0.3) is 0 Å². The van der Waals surface area contributed by atoms with Crippen LogP contribution in [0.4, 0.5) is 5.69 Å². The Morgan fingerprint density at radius 3 is 2.12 bits per heavy atom. The van der Waals surface area contributed by atoms with E-state index in [4.69, 9.17) is 9.47 Å².